The van der Waals surface area contributed by atoms with E-state index in [9.17, 15) is 0 Å². The molecular formula is C25H21Cl2P2Pd-. The Kier molecular flexibility index (Phi) is 10.6. The third-order valence-corrected chi connectivity index (χ3v) is 9.63. The van der Waals surface area contributed by atoms with Gasteiger partial charge < -0.3 is 0 Å². The average Bonchev–Trinajstić information content (AvgIpc) is 2.83. The molecule has 0 unspecified atom stereocenters. The van der Waals surface area contributed by atoms with Crippen LogP contribution in [0.2, 0.25) is 0 Å². The summed E-state index contributed by atoms with van der Waals surface area (Å²) >= 11 is -0.106. The van der Waals surface area contributed by atoms with E-state index in [0.717, 1.165) is 0 Å². The number of hydrogen-bond acceptors (Lipinski definition) is 0. The van der Waals surface area contributed by atoms with E-state index in [-0.39, 0.29) is 15.9 Å². The van der Waals surface area contributed by atoms with E-state index in [0.29, 0.717) is 0 Å². The molecule has 5 heteroatoms. The standard InChI is InChI=1S/C25H21P2.2ClH.Pd/c1-5-13-22(14-6-1)26(23-15-7-2-8-16-23)21-27(24-17-9-3-10-18-24)25-19-11-4-12-20-25;;;/h1-21H;2*1H;/q-1;;;+2/p-2. The van der Waals surface area contributed by atoms with Crippen LogP contribution in [-0.2, 0) is 15.9 Å². The molecule has 0 aliphatic carbocycles. The van der Waals surface area contributed by atoms with Gasteiger partial charge in [-0.05, 0) is 0 Å². The average molecular weight is 561 g/mol. The fourth-order valence-electron chi connectivity index (χ4n) is 3.03. The van der Waals surface area contributed by atoms with E-state index in [4.69, 9.17) is 19.1 Å². The second-order valence-electron chi connectivity index (χ2n) is 6.24. The molecule has 0 atom stereocenters. The third kappa shape index (κ3) is 7.01. The fraction of sp³-hybridized carbons (Fsp3) is 0. The molecular weight excluding hydrogens is 540 g/mol. The molecule has 156 valence electrons. The summed E-state index contributed by atoms with van der Waals surface area (Å²) in [5.41, 5.74) is 0. The summed E-state index contributed by atoms with van der Waals surface area (Å²) in [7, 11) is 8.56. The minimum Gasteiger partial charge on any atom is -0.259 e. The second-order valence-corrected chi connectivity index (χ2v) is 13.1. The van der Waals surface area contributed by atoms with E-state index < -0.39 is 15.8 Å². The van der Waals surface area contributed by atoms with Gasteiger partial charge in [0, 0.05) is 0 Å². The van der Waals surface area contributed by atoms with Gasteiger partial charge in [0.05, 0.1) is 0 Å². The van der Waals surface area contributed by atoms with Crippen LogP contribution in [0.3, 0.4) is 0 Å². The molecule has 0 N–H and O–H groups in total. The zero-order chi connectivity index (χ0) is 21.0. The predicted octanol–water partition coefficient (Wildman–Crippen LogP) is 6.75. The Labute approximate surface area is 198 Å². The van der Waals surface area contributed by atoms with Crippen molar-refractivity contribution in [3.8, 4) is 0 Å². The Morgan fingerprint density at radius 2 is 0.633 bits per heavy atom. The van der Waals surface area contributed by atoms with Crippen molar-refractivity contribution in [2.24, 2.45) is 0 Å². The number of rotatable bonds is 6. The first-order chi connectivity index (χ1) is 14.8. The van der Waals surface area contributed by atoms with Gasteiger partial charge in [0.25, 0.3) is 0 Å². The van der Waals surface area contributed by atoms with Gasteiger partial charge in [0.1, 0.15) is 0 Å². The van der Waals surface area contributed by atoms with Crippen molar-refractivity contribution >= 4 is 56.1 Å². The normalized spacial score (nSPS) is 10.7. The van der Waals surface area contributed by atoms with Gasteiger partial charge in [0.15, 0.2) is 0 Å². The van der Waals surface area contributed by atoms with Gasteiger partial charge in [-0.1, -0.05) is 143 Å². The summed E-state index contributed by atoms with van der Waals surface area (Å²) in [5, 5.41) is 5.60. The minimum atomic E-state index is -0.534. The van der Waals surface area contributed by atoms with Crippen molar-refractivity contribution in [3.63, 3.8) is 0 Å². The van der Waals surface area contributed by atoms with Crippen molar-refractivity contribution in [2.45, 2.75) is 0 Å². The molecule has 0 aliphatic heterocycles. The van der Waals surface area contributed by atoms with Gasteiger partial charge in [-0.2, -0.15) is 15.8 Å². The van der Waals surface area contributed by atoms with Crippen LogP contribution in [0.25, 0.3) is 0 Å². The van der Waals surface area contributed by atoms with Crippen LogP contribution in [0.5, 0.6) is 0 Å². The molecule has 0 aliphatic rings. The van der Waals surface area contributed by atoms with E-state index in [1.54, 1.807) is 0 Å². The maximum atomic E-state index is 4.81. The molecule has 0 saturated heterocycles. The molecule has 30 heavy (non-hydrogen) atoms. The Bertz CT molecular complexity index is 811. The van der Waals surface area contributed by atoms with Crippen LogP contribution in [0, 0.1) is 5.90 Å². The van der Waals surface area contributed by atoms with Crippen molar-refractivity contribution < 1.29 is 15.9 Å². The molecule has 0 saturated carbocycles. The maximum absolute atomic E-state index is 4.81. The van der Waals surface area contributed by atoms with E-state index >= 15 is 0 Å². The van der Waals surface area contributed by atoms with Gasteiger partial charge in [-0.3, -0.25) is 5.90 Å². The SMILES string of the molecule is [Cl][Pd][Cl].c1ccc(P([CH-]P(c2ccccc2)c2ccccc2)c2ccccc2)cc1. The Balaban J connectivity index is 0.000000806. The monoisotopic (exact) mass is 559 g/mol. The minimum absolute atomic E-state index is 0.106. The number of benzene rings is 4. The van der Waals surface area contributed by atoms with Crippen LogP contribution in [0.1, 0.15) is 0 Å². The second kappa shape index (κ2) is 13.4. The zero-order valence-corrected chi connectivity index (χ0v) is 20.9. The molecule has 4 aromatic rings. The molecule has 0 radical (unpaired) electrons. The quantitative estimate of drug-likeness (QED) is 0.139. The van der Waals surface area contributed by atoms with Crippen LogP contribution < -0.4 is 21.2 Å². The summed E-state index contributed by atoms with van der Waals surface area (Å²) in [6.45, 7) is 0. The predicted molar refractivity (Wildman–Crippen MR) is 134 cm³/mol. The first kappa shape index (κ1) is 23.6. The van der Waals surface area contributed by atoms with Crippen LogP contribution in [0.4, 0.5) is 0 Å². The Hall–Kier alpha value is -1.02. The molecule has 0 aromatic heterocycles. The fourth-order valence-corrected chi connectivity index (χ4v) is 8.66. The Morgan fingerprint density at radius 3 is 0.833 bits per heavy atom. The van der Waals surface area contributed by atoms with Crippen molar-refractivity contribution in [2.75, 3.05) is 0 Å². The topological polar surface area (TPSA) is 0 Å². The summed E-state index contributed by atoms with van der Waals surface area (Å²) in [6.07, 6.45) is 0. The van der Waals surface area contributed by atoms with Crippen molar-refractivity contribution in [1.82, 2.24) is 0 Å². The molecule has 4 aromatic carbocycles. The van der Waals surface area contributed by atoms with Crippen LogP contribution in [-0.4, -0.2) is 0 Å². The molecule has 4 rings (SSSR count). The maximum Gasteiger partial charge on any atom is -0.0502 e. The van der Waals surface area contributed by atoms with Crippen LogP contribution >= 0.6 is 34.9 Å². The number of halogens is 2. The van der Waals surface area contributed by atoms with E-state index in [2.05, 4.69) is 127 Å². The molecule has 0 fully saturated rings. The largest absolute Gasteiger partial charge is 0.259 e. The summed E-state index contributed by atoms with van der Waals surface area (Å²) < 4.78 is 0. The van der Waals surface area contributed by atoms with Gasteiger partial charge >= 0.3 is 35.0 Å². The first-order valence-corrected chi connectivity index (χ1v) is 16.1. The molecule has 0 nitrogen and oxygen atoms in total. The summed E-state index contributed by atoms with van der Waals surface area (Å²) in [5.74, 6) is 2.61. The van der Waals surface area contributed by atoms with Crippen molar-refractivity contribution in [3.05, 3.63) is 127 Å². The smallest absolute Gasteiger partial charge is 0.0502 e. The van der Waals surface area contributed by atoms with E-state index in [1.807, 2.05) is 0 Å². The van der Waals surface area contributed by atoms with Gasteiger partial charge in [-0.25, -0.2) is 0 Å². The van der Waals surface area contributed by atoms with Gasteiger partial charge in [-0.15, -0.1) is 0 Å². The molecule has 0 amide bonds. The molecule has 0 bridgehead atoms. The summed E-state index contributed by atoms with van der Waals surface area (Å²) in [4.78, 5) is 0. The first-order valence-electron chi connectivity index (χ1n) is 9.29. The number of hydrogen-bond donors (Lipinski definition) is 0. The molecule has 0 heterocycles. The van der Waals surface area contributed by atoms with Crippen LogP contribution in [0.15, 0.2) is 121 Å². The van der Waals surface area contributed by atoms with Crippen molar-refractivity contribution in [1.29, 1.82) is 0 Å². The summed E-state index contributed by atoms with van der Waals surface area (Å²) in [6, 6.07) is 43.7. The Morgan fingerprint density at radius 1 is 0.433 bits per heavy atom. The zero-order valence-electron chi connectivity index (χ0n) is 16.1. The van der Waals surface area contributed by atoms with Gasteiger partial charge in [0.2, 0.25) is 0 Å². The van der Waals surface area contributed by atoms with E-state index in [1.165, 1.54) is 21.2 Å². The third-order valence-electron chi connectivity index (χ3n) is 4.37. The molecule has 0 spiro atoms.